The monoisotopic (exact) mass is 324 g/mol. The molecule has 1 aromatic heterocycles. The lowest BCUT2D eigenvalue weighted by Crippen LogP contribution is -2.37. The maximum absolute atomic E-state index is 13.7. The van der Waals surface area contributed by atoms with E-state index in [4.69, 9.17) is 4.74 Å². The van der Waals surface area contributed by atoms with E-state index in [1.807, 2.05) is 12.1 Å². The highest BCUT2D eigenvalue weighted by Gasteiger charge is 2.16. The Morgan fingerprint density at radius 2 is 1.88 bits per heavy atom. The van der Waals surface area contributed by atoms with Crippen molar-refractivity contribution in [1.29, 1.82) is 0 Å². The third-order valence-electron chi connectivity index (χ3n) is 4.71. The van der Waals surface area contributed by atoms with Gasteiger partial charge in [0.2, 0.25) is 0 Å². The molecule has 1 aliphatic rings. The fourth-order valence-corrected chi connectivity index (χ4v) is 3.44. The van der Waals surface area contributed by atoms with Gasteiger partial charge in [0.05, 0.1) is 13.2 Å². The fourth-order valence-electron chi connectivity index (χ4n) is 3.44. The molecule has 0 bridgehead atoms. The summed E-state index contributed by atoms with van der Waals surface area (Å²) in [5.74, 6) is -0.203. The number of rotatable bonds is 4. The number of aromatic amines is 1. The van der Waals surface area contributed by atoms with Crippen LogP contribution in [0.25, 0.3) is 22.2 Å². The molecule has 0 aliphatic carbocycles. The van der Waals surface area contributed by atoms with Crippen LogP contribution in [0.2, 0.25) is 0 Å². The van der Waals surface area contributed by atoms with E-state index in [-0.39, 0.29) is 5.82 Å². The smallest absolute Gasteiger partial charge is 0.123 e. The second kappa shape index (κ2) is 6.75. The molecule has 2 aromatic carbocycles. The number of nitrogens with zero attached hydrogens (tertiary/aromatic N) is 1. The molecule has 24 heavy (non-hydrogen) atoms. The van der Waals surface area contributed by atoms with Gasteiger partial charge in [-0.3, -0.25) is 4.90 Å². The number of hydrogen-bond donors (Lipinski definition) is 1. The Hall–Kier alpha value is -2.17. The first-order valence-corrected chi connectivity index (χ1v) is 8.47. The molecule has 0 amide bonds. The standard InChI is InChI=1S/C20H21FN2O/c21-16-5-3-4-15(14-16)20-18(8-9-23-10-12-24-13-11-23)17-6-1-2-7-19(17)22-20/h1-7,14,22H,8-13H2. The zero-order valence-electron chi connectivity index (χ0n) is 13.6. The minimum atomic E-state index is -0.203. The quantitative estimate of drug-likeness (QED) is 0.789. The third kappa shape index (κ3) is 3.07. The number of nitrogens with one attached hydrogen (secondary N) is 1. The first-order chi connectivity index (χ1) is 11.8. The Kier molecular flexibility index (Phi) is 4.32. The van der Waals surface area contributed by atoms with Crippen molar-refractivity contribution in [2.75, 3.05) is 32.8 Å². The number of para-hydroxylation sites is 1. The van der Waals surface area contributed by atoms with E-state index >= 15 is 0 Å². The van der Waals surface area contributed by atoms with E-state index < -0.39 is 0 Å². The molecule has 1 fully saturated rings. The zero-order chi connectivity index (χ0) is 16.4. The van der Waals surface area contributed by atoms with Crippen LogP contribution < -0.4 is 0 Å². The minimum absolute atomic E-state index is 0.203. The van der Waals surface area contributed by atoms with E-state index in [9.17, 15) is 4.39 Å². The van der Waals surface area contributed by atoms with E-state index in [1.54, 1.807) is 12.1 Å². The van der Waals surface area contributed by atoms with Gasteiger partial charge in [0.15, 0.2) is 0 Å². The van der Waals surface area contributed by atoms with Crippen LogP contribution in [0, 0.1) is 5.82 Å². The number of halogens is 1. The molecular weight excluding hydrogens is 303 g/mol. The van der Waals surface area contributed by atoms with Crippen LogP contribution in [0.1, 0.15) is 5.56 Å². The SMILES string of the molecule is Fc1cccc(-c2[nH]c3ccccc3c2CCN2CCOCC2)c1. The van der Waals surface area contributed by atoms with E-state index in [2.05, 4.69) is 28.1 Å². The average Bonchev–Trinajstić information content (AvgIpc) is 2.99. The molecule has 1 aliphatic heterocycles. The van der Waals surface area contributed by atoms with Crippen molar-refractivity contribution in [1.82, 2.24) is 9.88 Å². The summed E-state index contributed by atoms with van der Waals surface area (Å²) in [5, 5.41) is 1.23. The Morgan fingerprint density at radius 3 is 2.71 bits per heavy atom. The van der Waals surface area contributed by atoms with Gasteiger partial charge < -0.3 is 9.72 Å². The molecule has 0 radical (unpaired) electrons. The van der Waals surface area contributed by atoms with Crippen molar-refractivity contribution >= 4 is 10.9 Å². The highest BCUT2D eigenvalue weighted by atomic mass is 19.1. The van der Waals surface area contributed by atoms with Crippen LogP contribution in [-0.2, 0) is 11.2 Å². The first kappa shape index (κ1) is 15.4. The first-order valence-electron chi connectivity index (χ1n) is 8.47. The van der Waals surface area contributed by atoms with Crippen molar-refractivity contribution in [2.24, 2.45) is 0 Å². The third-order valence-corrected chi connectivity index (χ3v) is 4.71. The molecule has 2 heterocycles. The average molecular weight is 324 g/mol. The van der Waals surface area contributed by atoms with Crippen molar-refractivity contribution in [3.05, 3.63) is 59.9 Å². The molecule has 0 unspecified atom stereocenters. The van der Waals surface area contributed by atoms with E-state index in [1.165, 1.54) is 17.0 Å². The molecule has 1 N–H and O–H groups in total. The summed E-state index contributed by atoms with van der Waals surface area (Å²) in [6.07, 6.45) is 0.940. The normalized spacial score (nSPS) is 15.9. The highest BCUT2D eigenvalue weighted by Crippen LogP contribution is 2.31. The lowest BCUT2D eigenvalue weighted by atomic mass is 10.0. The highest BCUT2D eigenvalue weighted by molar-refractivity contribution is 5.90. The second-order valence-electron chi connectivity index (χ2n) is 6.24. The number of fused-ring (bicyclic) bond motifs is 1. The summed E-state index contributed by atoms with van der Waals surface area (Å²) in [6, 6.07) is 15.1. The van der Waals surface area contributed by atoms with Crippen LogP contribution in [0.4, 0.5) is 4.39 Å². The van der Waals surface area contributed by atoms with Crippen LogP contribution in [-0.4, -0.2) is 42.7 Å². The van der Waals surface area contributed by atoms with Gasteiger partial charge in [0, 0.05) is 41.8 Å². The molecule has 0 saturated carbocycles. The van der Waals surface area contributed by atoms with E-state index in [0.29, 0.717) is 0 Å². The lowest BCUT2D eigenvalue weighted by Gasteiger charge is -2.26. The lowest BCUT2D eigenvalue weighted by molar-refractivity contribution is 0.0385. The van der Waals surface area contributed by atoms with Crippen LogP contribution in [0.3, 0.4) is 0 Å². The number of hydrogen-bond acceptors (Lipinski definition) is 2. The second-order valence-corrected chi connectivity index (χ2v) is 6.24. The van der Waals surface area contributed by atoms with Gasteiger partial charge in [-0.05, 0) is 30.2 Å². The van der Waals surface area contributed by atoms with Crippen molar-refractivity contribution < 1.29 is 9.13 Å². The number of morpholine rings is 1. The molecule has 3 aromatic rings. The van der Waals surface area contributed by atoms with E-state index in [0.717, 1.165) is 56.0 Å². The van der Waals surface area contributed by atoms with Gasteiger partial charge in [-0.15, -0.1) is 0 Å². The van der Waals surface area contributed by atoms with Gasteiger partial charge in [-0.2, -0.15) is 0 Å². The number of ether oxygens (including phenoxy) is 1. The molecule has 4 heteroatoms. The van der Waals surface area contributed by atoms with Crippen molar-refractivity contribution in [3.8, 4) is 11.3 Å². The maximum atomic E-state index is 13.7. The Morgan fingerprint density at radius 1 is 1.04 bits per heavy atom. The molecule has 0 spiro atoms. The maximum Gasteiger partial charge on any atom is 0.123 e. The van der Waals surface area contributed by atoms with Gasteiger partial charge >= 0.3 is 0 Å². The summed E-state index contributed by atoms with van der Waals surface area (Å²) >= 11 is 0. The summed E-state index contributed by atoms with van der Waals surface area (Å²) in [7, 11) is 0. The predicted octanol–water partition coefficient (Wildman–Crippen LogP) is 3.85. The Balaban J connectivity index is 1.70. The van der Waals surface area contributed by atoms with Crippen LogP contribution >= 0.6 is 0 Å². The molecule has 4 rings (SSSR count). The van der Waals surface area contributed by atoms with Crippen molar-refractivity contribution in [2.45, 2.75) is 6.42 Å². The van der Waals surface area contributed by atoms with Gasteiger partial charge in [0.1, 0.15) is 5.82 Å². The summed E-state index contributed by atoms with van der Waals surface area (Å²) in [5.41, 5.74) is 4.31. The van der Waals surface area contributed by atoms with Crippen LogP contribution in [0.5, 0.6) is 0 Å². The Labute approximate surface area is 141 Å². The van der Waals surface area contributed by atoms with Gasteiger partial charge in [0.25, 0.3) is 0 Å². The predicted molar refractivity (Wildman–Crippen MR) is 94.7 cm³/mol. The molecular formula is C20H21FN2O. The minimum Gasteiger partial charge on any atom is -0.379 e. The fraction of sp³-hybridized carbons (Fsp3) is 0.300. The summed E-state index contributed by atoms with van der Waals surface area (Å²) < 4.78 is 19.1. The number of benzene rings is 2. The Bertz CT molecular complexity index is 837. The van der Waals surface area contributed by atoms with Gasteiger partial charge in [-0.25, -0.2) is 4.39 Å². The van der Waals surface area contributed by atoms with Crippen molar-refractivity contribution in [3.63, 3.8) is 0 Å². The molecule has 124 valence electrons. The van der Waals surface area contributed by atoms with Gasteiger partial charge in [-0.1, -0.05) is 30.3 Å². The van der Waals surface area contributed by atoms with Crippen LogP contribution in [0.15, 0.2) is 48.5 Å². The topological polar surface area (TPSA) is 28.3 Å². The molecule has 0 atom stereocenters. The number of H-pyrrole nitrogens is 1. The molecule has 3 nitrogen and oxygen atoms in total. The summed E-state index contributed by atoms with van der Waals surface area (Å²) in [4.78, 5) is 5.92. The summed E-state index contributed by atoms with van der Waals surface area (Å²) in [6.45, 7) is 4.58. The molecule has 1 saturated heterocycles. The zero-order valence-corrected chi connectivity index (χ0v) is 13.6. The number of aromatic nitrogens is 1. The largest absolute Gasteiger partial charge is 0.379 e.